The highest BCUT2D eigenvalue weighted by molar-refractivity contribution is 5.99. The van der Waals surface area contributed by atoms with Gasteiger partial charge in [0.2, 0.25) is 0 Å². The molecule has 204 valence electrons. The number of fused-ring (bicyclic) bond motifs is 1. The van der Waals surface area contributed by atoms with Crippen LogP contribution in [0.5, 0.6) is 11.5 Å². The van der Waals surface area contributed by atoms with E-state index >= 15 is 4.39 Å². The monoisotopic (exact) mass is 539 g/mol. The fourth-order valence-corrected chi connectivity index (χ4v) is 5.20. The standard InChI is InChI=1S/C30H30FN7O2/c1-18(2)14-20(16-32)30(39)37-13-7-10-25(37)19(3)38-29-26(28(33)34-17-35-29)27(36-38)23-12-11-22(15-24(23)31)40-21-8-5-4-6-9-21/h4-6,8-9,11-12,14-15,17-19,25H,7,10,13H2,1-3H3,(H2,33,34,35). The topological polar surface area (TPSA) is 123 Å². The zero-order valence-electron chi connectivity index (χ0n) is 22.6. The SMILES string of the molecule is CC(C)C=C(C#N)C(=O)N1CCCC1C(C)n1nc(-c2ccc(Oc3ccccc3)cc2F)c2c(N)ncnc21. The number of hydrogen-bond donors (Lipinski definition) is 1. The van der Waals surface area contributed by atoms with Gasteiger partial charge >= 0.3 is 0 Å². The predicted molar refractivity (Wildman–Crippen MR) is 150 cm³/mol. The molecule has 0 saturated carbocycles. The molecule has 1 amide bonds. The van der Waals surface area contributed by atoms with E-state index < -0.39 is 5.82 Å². The number of carbonyl (C=O) groups excluding carboxylic acids is 1. The lowest BCUT2D eigenvalue weighted by Crippen LogP contribution is -2.41. The zero-order chi connectivity index (χ0) is 28.4. The van der Waals surface area contributed by atoms with Crippen LogP contribution in [0.2, 0.25) is 0 Å². The maximum Gasteiger partial charge on any atom is 0.264 e. The number of nitriles is 1. The maximum atomic E-state index is 15.5. The number of carbonyl (C=O) groups is 1. The van der Waals surface area contributed by atoms with Gasteiger partial charge in [-0.3, -0.25) is 4.79 Å². The number of ether oxygens (including phenoxy) is 1. The number of aromatic nitrogens is 4. The Kier molecular flexibility index (Phi) is 7.47. The Morgan fingerprint density at radius 3 is 2.65 bits per heavy atom. The average molecular weight is 540 g/mol. The van der Waals surface area contributed by atoms with Crippen molar-refractivity contribution in [2.45, 2.75) is 45.7 Å². The second kappa shape index (κ2) is 11.1. The molecule has 0 aliphatic carbocycles. The number of nitrogen functional groups attached to an aromatic ring is 1. The van der Waals surface area contributed by atoms with Crippen molar-refractivity contribution in [3.05, 3.63) is 72.3 Å². The van der Waals surface area contributed by atoms with Crippen molar-refractivity contribution in [3.8, 4) is 28.8 Å². The van der Waals surface area contributed by atoms with E-state index in [-0.39, 0.29) is 40.9 Å². The molecule has 4 aromatic rings. The van der Waals surface area contributed by atoms with Gasteiger partial charge in [0.25, 0.3) is 5.91 Å². The van der Waals surface area contributed by atoms with E-state index in [1.165, 1.54) is 12.4 Å². The molecule has 2 unspecified atom stereocenters. The third kappa shape index (κ3) is 5.10. The van der Waals surface area contributed by atoms with Crippen molar-refractivity contribution in [2.75, 3.05) is 12.3 Å². The van der Waals surface area contributed by atoms with Crippen LogP contribution in [0.25, 0.3) is 22.3 Å². The fraction of sp³-hybridized carbons (Fsp3) is 0.300. The number of allylic oxidation sites excluding steroid dienone is 1. The molecule has 9 nitrogen and oxygen atoms in total. The first-order valence-corrected chi connectivity index (χ1v) is 13.2. The lowest BCUT2D eigenvalue weighted by molar-refractivity contribution is -0.128. The number of benzene rings is 2. The van der Waals surface area contributed by atoms with E-state index in [0.29, 0.717) is 34.8 Å². The predicted octanol–water partition coefficient (Wildman–Crippen LogP) is 5.66. The molecule has 40 heavy (non-hydrogen) atoms. The highest BCUT2D eigenvalue weighted by Crippen LogP contribution is 2.37. The molecule has 1 saturated heterocycles. The normalized spacial score (nSPS) is 16.4. The number of nitrogens with two attached hydrogens (primary N) is 1. The molecular weight excluding hydrogens is 509 g/mol. The number of amides is 1. The number of likely N-dealkylation sites (tertiary alicyclic amines) is 1. The zero-order valence-corrected chi connectivity index (χ0v) is 22.6. The first-order valence-electron chi connectivity index (χ1n) is 13.2. The minimum atomic E-state index is -0.536. The minimum absolute atomic E-state index is 0.0637. The number of rotatable bonds is 7. The summed E-state index contributed by atoms with van der Waals surface area (Å²) >= 11 is 0. The van der Waals surface area contributed by atoms with Gasteiger partial charge in [-0.2, -0.15) is 10.4 Å². The van der Waals surface area contributed by atoms with Crippen molar-refractivity contribution >= 4 is 22.8 Å². The number of para-hydroxylation sites is 1. The van der Waals surface area contributed by atoms with Crippen molar-refractivity contribution in [1.29, 1.82) is 5.26 Å². The van der Waals surface area contributed by atoms with Gasteiger partial charge < -0.3 is 15.4 Å². The van der Waals surface area contributed by atoms with Gasteiger partial charge in [0, 0.05) is 18.2 Å². The van der Waals surface area contributed by atoms with Crippen molar-refractivity contribution in [2.24, 2.45) is 5.92 Å². The van der Waals surface area contributed by atoms with Crippen LogP contribution in [-0.2, 0) is 4.79 Å². The van der Waals surface area contributed by atoms with Gasteiger partial charge in [-0.25, -0.2) is 19.0 Å². The van der Waals surface area contributed by atoms with Gasteiger partial charge in [0.05, 0.1) is 17.5 Å². The van der Waals surface area contributed by atoms with Gasteiger partial charge in [-0.05, 0) is 49.9 Å². The molecule has 2 N–H and O–H groups in total. The summed E-state index contributed by atoms with van der Waals surface area (Å²) in [7, 11) is 0. The van der Waals surface area contributed by atoms with Crippen LogP contribution in [0, 0.1) is 23.1 Å². The Balaban J connectivity index is 1.52. The summed E-state index contributed by atoms with van der Waals surface area (Å²) < 4.78 is 23.0. The molecule has 10 heteroatoms. The van der Waals surface area contributed by atoms with Crippen LogP contribution in [-0.4, -0.2) is 43.1 Å². The Morgan fingerprint density at radius 1 is 1.18 bits per heavy atom. The highest BCUT2D eigenvalue weighted by Gasteiger charge is 2.36. The lowest BCUT2D eigenvalue weighted by Gasteiger charge is -2.30. The van der Waals surface area contributed by atoms with Crippen molar-refractivity contribution in [1.82, 2.24) is 24.6 Å². The second-order valence-corrected chi connectivity index (χ2v) is 10.2. The second-order valence-electron chi connectivity index (χ2n) is 10.2. The van der Waals surface area contributed by atoms with Crippen LogP contribution in [0.1, 0.15) is 39.7 Å². The molecule has 0 spiro atoms. The van der Waals surface area contributed by atoms with Crippen LogP contribution in [0.15, 0.2) is 66.5 Å². The Labute approximate surface area is 231 Å². The number of hydrogen-bond acceptors (Lipinski definition) is 7. The summed E-state index contributed by atoms with van der Waals surface area (Å²) in [6.45, 7) is 6.33. The van der Waals surface area contributed by atoms with E-state index in [2.05, 4.69) is 16.0 Å². The smallest absolute Gasteiger partial charge is 0.264 e. The fourth-order valence-electron chi connectivity index (χ4n) is 5.20. The molecular formula is C30H30FN7O2. The maximum absolute atomic E-state index is 15.5. The van der Waals surface area contributed by atoms with E-state index in [4.69, 9.17) is 15.6 Å². The highest BCUT2D eigenvalue weighted by atomic mass is 19.1. The van der Waals surface area contributed by atoms with Crippen LogP contribution >= 0.6 is 0 Å². The summed E-state index contributed by atoms with van der Waals surface area (Å²) in [4.78, 5) is 23.6. The molecule has 1 fully saturated rings. The molecule has 1 aliphatic rings. The molecule has 5 rings (SSSR count). The van der Waals surface area contributed by atoms with Gasteiger partial charge in [-0.1, -0.05) is 38.1 Å². The van der Waals surface area contributed by atoms with Crippen LogP contribution < -0.4 is 10.5 Å². The minimum Gasteiger partial charge on any atom is -0.457 e. The third-order valence-electron chi connectivity index (χ3n) is 7.05. The number of nitrogens with zero attached hydrogens (tertiary/aromatic N) is 6. The Bertz CT molecular complexity index is 1620. The first kappa shape index (κ1) is 26.8. The first-order chi connectivity index (χ1) is 19.3. The summed E-state index contributed by atoms with van der Waals surface area (Å²) in [6, 6.07) is 15.2. The van der Waals surface area contributed by atoms with Crippen LogP contribution in [0.4, 0.5) is 10.2 Å². The van der Waals surface area contributed by atoms with Gasteiger partial charge in [0.1, 0.15) is 46.8 Å². The summed E-state index contributed by atoms with van der Waals surface area (Å²) in [5, 5.41) is 14.8. The van der Waals surface area contributed by atoms with E-state index in [0.717, 1.165) is 12.8 Å². The van der Waals surface area contributed by atoms with E-state index in [1.54, 1.807) is 39.9 Å². The Hall–Kier alpha value is -4.78. The molecule has 2 aromatic heterocycles. The molecule has 3 heterocycles. The van der Waals surface area contributed by atoms with Crippen molar-refractivity contribution < 1.29 is 13.9 Å². The van der Waals surface area contributed by atoms with E-state index in [1.807, 2.05) is 39.0 Å². The van der Waals surface area contributed by atoms with Gasteiger partial charge in [0.15, 0.2) is 5.65 Å². The van der Waals surface area contributed by atoms with Crippen LogP contribution in [0.3, 0.4) is 0 Å². The third-order valence-corrected chi connectivity index (χ3v) is 7.05. The number of anilines is 1. The molecule has 0 bridgehead atoms. The van der Waals surface area contributed by atoms with Gasteiger partial charge in [-0.15, -0.1) is 0 Å². The molecule has 2 aromatic carbocycles. The summed E-state index contributed by atoms with van der Waals surface area (Å²) in [6.07, 6.45) is 4.55. The summed E-state index contributed by atoms with van der Waals surface area (Å²) in [5.41, 5.74) is 7.36. The lowest BCUT2D eigenvalue weighted by atomic mass is 10.1. The number of halogens is 1. The summed E-state index contributed by atoms with van der Waals surface area (Å²) in [5.74, 6) is 0.343. The largest absolute Gasteiger partial charge is 0.457 e. The molecule has 0 radical (unpaired) electrons. The molecule has 2 atom stereocenters. The van der Waals surface area contributed by atoms with Crippen molar-refractivity contribution in [3.63, 3.8) is 0 Å². The van der Waals surface area contributed by atoms with E-state index in [9.17, 15) is 10.1 Å². The average Bonchev–Trinajstić information content (AvgIpc) is 3.58. The quantitative estimate of drug-likeness (QED) is 0.237. The molecule has 1 aliphatic heterocycles. The Morgan fingerprint density at radius 2 is 1.95 bits per heavy atom.